The van der Waals surface area contributed by atoms with Gasteiger partial charge in [0.2, 0.25) is 0 Å². The number of carbonyl (C=O) groups is 2. The maximum absolute atomic E-state index is 11.7. The van der Waals surface area contributed by atoms with Gasteiger partial charge in [-0.05, 0) is 45.2 Å². The molecule has 0 radical (unpaired) electrons. The number of urea groups is 1. The number of hydrogen-bond acceptors (Lipinski definition) is 3. The standard InChI is InChI=1S/C15H29N3O3/c1-4-15(3,13(19)20)11-17-14(21)16-9-12(2)10-18-7-5-6-8-18/h12H,4-11H2,1-3H3,(H,19,20)(H2,16,17,21). The van der Waals surface area contributed by atoms with Gasteiger partial charge in [0.15, 0.2) is 0 Å². The molecule has 2 amide bonds. The molecule has 1 aliphatic rings. The molecule has 21 heavy (non-hydrogen) atoms. The van der Waals surface area contributed by atoms with Gasteiger partial charge >= 0.3 is 12.0 Å². The number of rotatable bonds is 8. The Kier molecular flexibility index (Phi) is 6.95. The van der Waals surface area contributed by atoms with Crippen molar-refractivity contribution in [3.63, 3.8) is 0 Å². The van der Waals surface area contributed by atoms with Crippen molar-refractivity contribution in [2.24, 2.45) is 11.3 Å². The number of amides is 2. The van der Waals surface area contributed by atoms with E-state index in [1.807, 2.05) is 6.92 Å². The Hall–Kier alpha value is -1.30. The van der Waals surface area contributed by atoms with Gasteiger partial charge in [0.05, 0.1) is 5.41 Å². The van der Waals surface area contributed by atoms with Crippen LogP contribution >= 0.6 is 0 Å². The Bertz CT molecular complexity index is 356. The van der Waals surface area contributed by atoms with Gasteiger partial charge in [0, 0.05) is 19.6 Å². The lowest BCUT2D eigenvalue weighted by molar-refractivity contribution is -0.147. The molecule has 0 aromatic heterocycles. The third kappa shape index (κ3) is 5.91. The zero-order valence-electron chi connectivity index (χ0n) is 13.4. The Morgan fingerprint density at radius 1 is 1.29 bits per heavy atom. The number of carboxylic acids is 1. The lowest BCUT2D eigenvalue weighted by Crippen LogP contribution is -2.46. The van der Waals surface area contributed by atoms with E-state index < -0.39 is 11.4 Å². The van der Waals surface area contributed by atoms with E-state index in [0.717, 1.165) is 19.6 Å². The molecule has 0 aromatic carbocycles. The molecule has 6 heteroatoms. The first-order valence-corrected chi connectivity index (χ1v) is 7.85. The molecular formula is C15H29N3O3. The Morgan fingerprint density at radius 2 is 1.90 bits per heavy atom. The van der Waals surface area contributed by atoms with Crippen molar-refractivity contribution in [1.29, 1.82) is 0 Å². The molecule has 2 atom stereocenters. The fourth-order valence-corrected chi connectivity index (χ4v) is 2.43. The SMILES string of the molecule is CCC(C)(CNC(=O)NCC(C)CN1CCCC1)C(=O)O. The summed E-state index contributed by atoms with van der Waals surface area (Å²) in [5, 5.41) is 14.6. The smallest absolute Gasteiger partial charge is 0.314 e. The van der Waals surface area contributed by atoms with Crippen LogP contribution in [0.2, 0.25) is 0 Å². The summed E-state index contributed by atoms with van der Waals surface area (Å²) in [5.41, 5.74) is -0.904. The van der Waals surface area contributed by atoms with Gasteiger partial charge in [-0.3, -0.25) is 4.79 Å². The van der Waals surface area contributed by atoms with Crippen LogP contribution in [-0.4, -0.2) is 54.7 Å². The van der Waals surface area contributed by atoms with E-state index in [4.69, 9.17) is 5.11 Å². The van der Waals surface area contributed by atoms with Gasteiger partial charge in [-0.25, -0.2) is 4.79 Å². The van der Waals surface area contributed by atoms with Crippen LogP contribution < -0.4 is 10.6 Å². The number of nitrogens with zero attached hydrogens (tertiary/aromatic N) is 1. The minimum atomic E-state index is -0.904. The van der Waals surface area contributed by atoms with E-state index in [0.29, 0.717) is 18.9 Å². The highest BCUT2D eigenvalue weighted by atomic mass is 16.4. The van der Waals surface area contributed by atoms with Gasteiger partial charge in [-0.15, -0.1) is 0 Å². The monoisotopic (exact) mass is 299 g/mol. The molecule has 0 saturated carbocycles. The van der Waals surface area contributed by atoms with Crippen molar-refractivity contribution in [1.82, 2.24) is 15.5 Å². The van der Waals surface area contributed by atoms with Crippen LogP contribution in [0.25, 0.3) is 0 Å². The average Bonchev–Trinajstić information content (AvgIpc) is 2.95. The second-order valence-corrected chi connectivity index (χ2v) is 6.40. The highest BCUT2D eigenvalue weighted by molar-refractivity contribution is 5.77. The summed E-state index contributed by atoms with van der Waals surface area (Å²) in [5.74, 6) is -0.487. The minimum Gasteiger partial charge on any atom is -0.481 e. The number of aliphatic carboxylic acids is 1. The first-order chi connectivity index (χ1) is 9.87. The predicted molar refractivity (Wildman–Crippen MR) is 82.3 cm³/mol. The summed E-state index contributed by atoms with van der Waals surface area (Å²) in [6.45, 7) is 9.64. The van der Waals surface area contributed by atoms with Crippen molar-refractivity contribution in [3.8, 4) is 0 Å². The summed E-state index contributed by atoms with van der Waals surface area (Å²) >= 11 is 0. The molecule has 122 valence electrons. The predicted octanol–water partition coefficient (Wildman–Crippen LogP) is 1.52. The summed E-state index contributed by atoms with van der Waals surface area (Å²) in [6.07, 6.45) is 3.02. The van der Waals surface area contributed by atoms with Gasteiger partial charge in [0.1, 0.15) is 0 Å². The average molecular weight is 299 g/mol. The maximum Gasteiger partial charge on any atom is 0.314 e. The van der Waals surface area contributed by atoms with Crippen molar-refractivity contribution < 1.29 is 14.7 Å². The molecule has 0 bridgehead atoms. The second-order valence-electron chi connectivity index (χ2n) is 6.40. The first kappa shape index (κ1) is 17.8. The van der Waals surface area contributed by atoms with E-state index in [1.54, 1.807) is 6.92 Å². The quantitative estimate of drug-likeness (QED) is 0.634. The fraction of sp³-hybridized carbons (Fsp3) is 0.867. The van der Waals surface area contributed by atoms with Gasteiger partial charge in [-0.2, -0.15) is 0 Å². The van der Waals surface area contributed by atoms with E-state index in [9.17, 15) is 9.59 Å². The summed E-state index contributed by atoms with van der Waals surface area (Å²) in [6, 6.07) is -0.288. The van der Waals surface area contributed by atoms with Gasteiger partial charge in [-0.1, -0.05) is 13.8 Å². The molecule has 3 N–H and O–H groups in total. The summed E-state index contributed by atoms with van der Waals surface area (Å²) in [7, 11) is 0. The largest absolute Gasteiger partial charge is 0.481 e. The van der Waals surface area contributed by atoms with E-state index >= 15 is 0 Å². The molecule has 0 aromatic rings. The molecule has 0 aliphatic carbocycles. The minimum absolute atomic E-state index is 0.144. The van der Waals surface area contributed by atoms with Crippen LogP contribution in [-0.2, 0) is 4.79 Å². The van der Waals surface area contributed by atoms with Crippen molar-refractivity contribution in [3.05, 3.63) is 0 Å². The molecule has 6 nitrogen and oxygen atoms in total. The van der Waals surface area contributed by atoms with Crippen LogP contribution in [0.3, 0.4) is 0 Å². The number of hydrogen-bond donors (Lipinski definition) is 3. The van der Waals surface area contributed by atoms with Crippen molar-refractivity contribution in [2.45, 2.75) is 40.0 Å². The molecule has 2 unspecified atom stereocenters. The molecule has 1 heterocycles. The third-order valence-electron chi connectivity index (χ3n) is 4.32. The summed E-state index contributed by atoms with van der Waals surface area (Å²) in [4.78, 5) is 25.3. The molecule has 1 rings (SSSR count). The van der Waals surface area contributed by atoms with E-state index in [2.05, 4.69) is 22.5 Å². The molecule has 1 fully saturated rings. The Morgan fingerprint density at radius 3 is 2.43 bits per heavy atom. The molecule has 1 saturated heterocycles. The lowest BCUT2D eigenvalue weighted by atomic mass is 9.88. The number of nitrogens with one attached hydrogen (secondary N) is 2. The fourth-order valence-electron chi connectivity index (χ4n) is 2.43. The highest BCUT2D eigenvalue weighted by Gasteiger charge is 2.31. The van der Waals surface area contributed by atoms with Crippen LogP contribution in [0.1, 0.15) is 40.0 Å². The van der Waals surface area contributed by atoms with E-state index in [1.165, 1.54) is 12.8 Å². The molecule has 0 spiro atoms. The zero-order chi connectivity index (χ0) is 15.9. The van der Waals surface area contributed by atoms with Crippen molar-refractivity contribution >= 4 is 12.0 Å². The second kappa shape index (κ2) is 8.22. The topological polar surface area (TPSA) is 81.7 Å². The molecular weight excluding hydrogens is 270 g/mol. The first-order valence-electron chi connectivity index (χ1n) is 7.85. The van der Waals surface area contributed by atoms with Gasteiger partial charge in [0.25, 0.3) is 0 Å². The number of carboxylic acid groups (broad SMARTS) is 1. The Labute approximate surface area is 127 Å². The molecule has 1 aliphatic heterocycles. The normalized spacial score (nSPS) is 19.8. The highest BCUT2D eigenvalue weighted by Crippen LogP contribution is 2.19. The van der Waals surface area contributed by atoms with Crippen LogP contribution in [0.15, 0.2) is 0 Å². The number of likely N-dealkylation sites (tertiary alicyclic amines) is 1. The number of carbonyl (C=O) groups excluding carboxylic acids is 1. The Balaban J connectivity index is 2.22. The van der Waals surface area contributed by atoms with Crippen LogP contribution in [0.4, 0.5) is 4.79 Å². The van der Waals surface area contributed by atoms with E-state index in [-0.39, 0.29) is 12.6 Å². The van der Waals surface area contributed by atoms with Gasteiger partial charge < -0.3 is 20.6 Å². The maximum atomic E-state index is 11.7. The zero-order valence-corrected chi connectivity index (χ0v) is 13.4. The van der Waals surface area contributed by atoms with Crippen LogP contribution in [0, 0.1) is 11.3 Å². The summed E-state index contributed by atoms with van der Waals surface area (Å²) < 4.78 is 0. The van der Waals surface area contributed by atoms with Crippen molar-refractivity contribution in [2.75, 3.05) is 32.7 Å². The third-order valence-corrected chi connectivity index (χ3v) is 4.32. The lowest BCUT2D eigenvalue weighted by Gasteiger charge is -2.24. The van der Waals surface area contributed by atoms with Crippen LogP contribution in [0.5, 0.6) is 0 Å².